The molecule has 0 unspecified atom stereocenters. The van der Waals surface area contributed by atoms with Crippen molar-refractivity contribution in [2.75, 3.05) is 0 Å². The Hall–Kier alpha value is -1.62. The first-order valence-electron chi connectivity index (χ1n) is 5.59. The second kappa shape index (κ2) is 5.35. The fourth-order valence-electron chi connectivity index (χ4n) is 1.75. The zero-order valence-corrected chi connectivity index (χ0v) is 11.5. The predicted octanol–water partition coefficient (Wildman–Crippen LogP) is 3.16. The molecule has 2 rings (SSSR count). The highest BCUT2D eigenvalue weighted by atomic mass is 79.9. The van der Waals surface area contributed by atoms with Crippen molar-refractivity contribution in [2.24, 2.45) is 0 Å². The standard InChI is InChI=1S/C13H13BrN2O2/c1-8-13(9-2-4-10(14)5-3-9)16-11(15-8)6-7-12(17)18/h2-5H,6-7H2,1H3,(H,15,16)(H,17,18). The molecule has 4 nitrogen and oxygen atoms in total. The molecule has 0 spiro atoms. The monoisotopic (exact) mass is 308 g/mol. The molecule has 0 aliphatic heterocycles. The first kappa shape index (κ1) is 12.8. The number of nitrogens with zero attached hydrogens (tertiary/aromatic N) is 1. The summed E-state index contributed by atoms with van der Waals surface area (Å²) in [6.45, 7) is 1.94. The van der Waals surface area contributed by atoms with Crippen molar-refractivity contribution >= 4 is 21.9 Å². The molecule has 5 heteroatoms. The Kier molecular flexibility index (Phi) is 3.81. The normalized spacial score (nSPS) is 10.6. The fourth-order valence-corrected chi connectivity index (χ4v) is 2.02. The average molecular weight is 309 g/mol. The number of halogens is 1. The molecule has 0 amide bonds. The van der Waals surface area contributed by atoms with Gasteiger partial charge in [-0.05, 0) is 19.1 Å². The van der Waals surface area contributed by atoms with Crippen molar-refractivity contribution < 1.29 is 9.90 Å². The summed E-state index contributed by atoms with van der Waals surface area (Å²) in [4.78, 5) is 18.1. The van der Waals surface area contributed by atoms with Crippen LogP contribution in [0.15, 0.2) is 28.7 Å². The van der Waals surface area contributed by atoms with Gasteiger partial charge in [0.25, 0.3) is 0 Å². The Morgan fingerprint density at radius 3 is 2.67 bits per heavy atom. The minimum Gasteiger partial charge on any atom is -0.481 e. The van der Waals surface area contributed by atoms with Gasteiger partial charge in [-0.15, -0.1) is 0 Å². The molecule has 94 valence electrons. The topological polar surface area (TPSA) is 66.0 Å². The lowest BCUT2D eigenvalue weighted by molar-refractivity contribution is -0.137. The lowest BCUT2D eigenvalue weighted by Crippen LogP contribution is -1.98. The number of aliphatic carboxylic acids is 1. The summed E-state index contributed by atoms with van der Waals surface area (Å²) < 4.78 is 1.02. The number of aromatic nitrogens is 2. The summed E-state index contributed by atoms with van der Waals surface area (Å²) in [7, 11) is 0. The minimum absolute atomic E-state index is 0.0900. The molecular formula is C13H13BrN2O2. The van der Waals surface area contributed by atoms with Crippen LogP contribution in [0, 0.1) is 6.92 Å². The maximum atomic E-state index is 10.5. The molecule has 0 bridgehead atoms. The second-order valence-electron chi connectivity index (χ2n) is 4.06. The van der Waals surface area contributed by atoms with E-state index in [9.17, 15) is 4.79 Å². The molecule has 0 radical (unpaired) electrons. The van der Waals surface area contributed by atoms with Crippen LogP contribution in [0.2, 0.25) is 0 Å². The van der Waals surface area contributed by atoms with Gasteiger partial charge >= 0.3 is 5.97 Å². The van der Waals surface area contributed by atoms with Crippen molar-refractivity contribution in [1.82, 2.24) is 9.97 Å². The molecule has 1 aromatic heterocycles. The summed E-state index contributed by atoms with van der Waals surface area (Å²) in [5.74, 6) is -0.0953. The third-order valence-electron chi connectivity index (χ3n) is 2.63. The van der Waals surface area contributed by atoms with Gasteiger partial charge in [0.1, 0.15) is 5.82 Å². The molecule has 0 saturated heterocycles. The molecule has 2 N–H and O–H groups in total. The van der Waals surface area contributed by atoms with Crippen LogP contribution in [0.5, 0.6) is 0 Å². The van der Waals surface area contributed by atoms with Crippen molar-refractivity contribution in [3.63, 3.8) is 0 Å². The van der Waals surface area contributed by atoms with Crippen LogP contribution in [0.25, 0.3) is 11.3 Å². The second-order valence-corrected chi connectivity index (χ2v) is 4.97. The fraction of sp³-hybridized carbons (Fsp3) is 0.231. The van der Waals surface area contributed by atoms with Gasteiger partial charge in [0.15, 0.2) is 0 Å². The number of benzene rings is 1. The molecule has 0 atom stereocenters. The van der Waals surface area contributed by atoms with Crippen molar-refractivity contribution in [2.45, 2.75) is 19.8 Å². The Balaban J connectivity index is 2.23. The van der Waals surface area contributed by atoms with Crippen LogP contribution in [0.1, 0.15) is 17.9 Å². The molecule has 0 aliphatic carbocycles. The number of H-pyrrole nitrogens is 1. The quantitative estimate of drug-likeness (QED) is 0.911. The highest BCUT2D eigenvalue weighted by Gasteiger charge is 2.09. The van der Waals surface area contributed by atoms with E-state index in [4.69, 9.17) is 5.11 Å². The number of hydrogen-bond acceptors (Lipinski definition) is 2. The molecule has 0 fully saturated rings. The SMILES string of the molecule is Cc1[nH]c(CCC(=O)O)nc1-c1ccc(Br)cc1. The van der Waals surface area contributed by atoms with Gasteiger partial charge in [-0.3, -0.25) is 4.79 Å². The van der Waals surface area contributed by atoms with Gasteiger partial charge in [0, 0.05) is 22.2 Å². The van der Waals surface area contributed by atoms with Crippen LogP contribution in [-0.2, 0) is 11.2 Å². The Labute approximate surface area is 113 Å². The number of carboxylic acids is 1. The maximum absolute atomic E-state index is 10.5. The van der Waals surface area contributed by atoms with Gasteiger partial charge in [-0.2, -0.15) is 0 Å². The number of carbonyl (C=O) groups is 1. The Bertz CT molecular complexity index is 561. The van der Waals surface area contributed by atoms with E-state index in [1.807, 2.05) is 31.2 Å². The lowest BCUT2D eigenvalue weighted by atomic mass is 10.1. The van der Waals surface area contributed by atoms with Gasteiger partial charge in [-0.25, -0.2) is 4.98 Å². The van der Waals surface area contributed by atoms with Crippen LogP contribution in [0.4, 0.5) is 0 Å². The van der Waals surface area contributed by atoms with Crippen molar-refractivity contribution in [1.29, 1.82) is 0 Å². The third-order valence-corrected chi connectivity index (χ3v) is 3.16. The first-order valence-corrected chi connectivity index (χ1v) is 6.39. The van der Waals surface area contributed by atoms with E-state index in [0.29, 0.717) is 12.2 Å². The number of aryl methyl sites for hydroxylation is 2. The lowest BCUT2D eigenvalue weighted by Gasteiger charge is -1.98. The smallest absolute Gasteiger partial charge is 0.303 e. The summed E-state index contributed by atoms with van der Waals surface area (Å²) in [6, 6.07) is 7.88. The summed E-state index contributed by atoms with van der Waals surface area (Å²) in [5.41, 5.74) is 2.86. The Morgan fingerprint density at radius 2 is 2.06 bits per heavy atom. The van der Waals surface area contributed by atoms with E-state index < -0.39 is 5.97 Å². The summed E-state index contributed by atoms with van der Waals surface area (Å²) >= 11 is 3.39. The molecule has 18 heavy (non-hydrogen) atoms. The molecule has 0 saturated carbocycles. The van der Waals surface area contributed by atoms with E-state index in [-0.39, 0.29) is 6.42 Å². The van der Waals surface area contributed by atoms with Gasteiger partial charge in [0.05, 0.1) is 12.1 Å². The van der Waals surface area contributed by atoms with E-state index >= 15 is 0 Å². The van der Waals surface area contributed by atoms with E-state index in [1.165, 1.54) is 0 Å². The average Bonchev–Trinajstić information content (AvgIpc) is 2.69. The number of imidazole rings is 1. The molecule has 1 aromatic carbocycles. The number of aromatic amines is 1. The maximum Gasteiger partial charge on any atom is 0.303 e. The molecule has 0 aliphatic rings. The van der Waals surface area contributed by atoms with E-state index in [2.05, 4.69) is 25.9 Å². The van der Waals surface area contributed by atoms with Crippen LogP contribution in [-0.4, -0.2) is 21.0 Å². The Morgan fingerprint density at radius 1 is 1.39 bits per heavy atom. The number of rotatable bonds is 4. The van der Waals surface area contributed by atoms with E-state index in [1.54, 1.807) is 0 Å². The molecule has 2 aromatic rings. The van der Waals surface area contributed by atoms with Gasteiger partial charge in [-0.1, -0.05) is 28.1 Å². The van der Waals surface area contributed by atoms with Crippen LogP contribution >= 0.6 is 15.9 Å². The zero-order valence-electron chi connectivity index (χ0n) is 9.90. The largest absolute Gasteiger partial charge is 0.481 e. The van der Waals surface area contributed by atoms with Crippen LogP contribution in [0.3, 0.4) is 0 Å². The van der Waals surface area contributed by atoms with E-state index in [0.717, 1.165) is 21.4 Å². The highest BCUT2D eigenvalue weighted by molar-refractivity contribution is 9.10. The molecule has 1 heterocycles. The van der Waals surface area contributed by atoms with Gasteiger partial charge in [0.2, 0.25) is 0 Å². The third kappa shape index (κ3) is 2.98. The van der Waals surface area contributed by atoms with Gasteiger partial charge < -0.3 is 10.1 Å². The zero-order chi connectivity index (χ0) is 13.1. The minimum atomic E-state index is -0.811. The number of nitrogens with one attached hydrogen (secondary N) is 1. The van der Waals surface area contributed by atoms with Crippen molar-refractivity contribution in [3.8, 4) is 11.3 Å². The van der Waals surface area contributed by atoms with Crippen LogP contribution < -0.4 is 0 Å². The summed E-state index contributed by atoms with van der Waals surface area (Å²) in [6.07, 6.45) is 0.513. The predicted molar refractivity (Wildman–Crippen MR) is 72.4 cm³/mol. The summed E-state index contributed by atoms with van der Waals surface area (Å²) in [5, 5.41) is 8.65. The first-order chi connectivity index (χ1) is 8.56. The molecular weight excluding hydrogens is 296 g/mol. The number of carboxylic acid groups (broad SMARTS) is 1. The number of hydrogen-bond donors (Lipinski definition) is 2. The highest BCUT2D eigenvalue weighted by Crippen LogP contribution is 2.23. The van der Waals surface area contributed by atoms with Crippen molar-refractivity contribution in [3.05, 3.63) is 40.3 Å².